The first-order valence-electron chi connectivity index (χ1n) is 7.87. The van der Waals surface area contributed by atoms with Gasteiger partial charge in [0.1, 0.15) is 5.60 Å². The lowest BCUT2D eigenvalue weighted by Gasteiger charge is -2.22. The number of benzene rings is 1. The van der Waals surface area contributed by atoms with Crippen LogP contribution in [0.3, 0.4) is 0 Å². The third-order valence-electron chi connectivity index (χ3n) is 3.13. The molecular weight excluding hydrogens is 296 g/mol. The molecule has 0 radical (unpaired) electrons. The molecule has 1 atom stereocenters. The Morgan fingerprint density at radius 2 is 1.78 bits per heavy atom. The molecule has 5 heteroatoms. The first-order chi connectivity index (χ1) is 10.8. The van der Waals surface area contributed by atoms with E-state index < -0.39 is 23.5 Å². The van der Waals surface area contributed by atoms with Gasteiger partial charge in [-0.1, -0.05) is 30.3 Å². The van der Waals surface area contributed by atoms with Crippen molar-refractivity contribution in [2.45, 2.75) is 52.2 Å². The van der Waals surface area contributed by atoms with Gasteiger partial charge in [0.25, 0.3) is 0 Å². The zero-order valence-electron chi connectivity index (χ0n) is 14.1. The Morgan fingerprint density at radius 1 is 1.13 bits per heavy atom. The molecule has 0 saturated heterocycles. The predicted octanol–water partition coefficient (Wildman–Crippen LogP) is 3.42. The number of carboxylic acids is 1. The standard InChI is InChI=1S/C18H26O5/c1-18(2,3)23-17(21)15(16(19)20)11-7-8-12-22-13-14-9-5-4-6-10-14/h4-6,9-10,15H,7-8,11-13H2,1-3H3,(H,19,20). The molecule has 1 aromatic carbocycles. The van der Waals surface area contributed by atoms with Gasteiger partial charge in [-0.2, -0.15) is 0 Å². The van der Waals surface area contributed by atoms with Crippen molar-refractivity contribution >= 4 is 11.9 Å². The summed E-state index contributed by atoms with van der Waals surface area (Å²) < 4.78 is 10.7. The quantitative estimate of drug-likeness (QED) is 0.428. The minimum atomic E-state index is -1.13. The van der Waals surface area contributed by atoms with E-state index in [0.717, 1.165) is 5.56 Å². The molecule has 128 valence electrons. The monoisotopic (exact) mass is 322 g/mol. The summed E-state index contributed by atoms with van der Waals surface area (Å²) in [6.45, 7) is 6.24. The molecular formula is C18H26O5. The number of rotatable bonds is 9. The molecule has 0 amide bonds. The van der Waals surface area contributed by atoms with E-state index in [4.69, 9.17) is 14.6 Å². The van der Waals surface area contributed by atoms with Gasteiger partial charge < -0.3 is 14.6 Å². The van der Waals surface area contributed by atoms with Crippen LogP contribution in [0.15, 0.2) is 30.3 Å². The SMILES string of the molecule is CC(C)(C)OC(=O)C(CCCCOCc1ccccc1)C(=O)O. The van der Waals surface area contributed by atoms with Crippen LogP contribution in [0.1, 0.15) is 45.6 Å². The lowest BCUT2D eigenvalue weighted by atomic mass is 10.0. The fourth-order valence-electron chi connectivity index (χ4n) is 2.03. The smallest absolute Gasteiger partial charge is 0.320 e. The topological polar surface area (TPSA) is 72.8 Å². The average Bonchev–Trinajstić information content (AvgIpc) is 2.45. The molecule has 0 aliphatic rings. The molecule has 0 fully saturated rings. The van der Waals surface area contributed by atoms with Gasteiger partial charge in [-0.15, -0.1) is 0 Å². The van der Waals surface area contributed by atoms with Gasteiger partial charge in [0.05, 0.1) is 6.61 Å². The van der Waals surface area contributed by atoms with Gasteiger partial charge in [0, 0.05) is 6.61 Å². The highest BCUT2D eigenvalue weighted by atomic mass is 16.6. The van der Waals surface area contributed by atoms with Crippen molar-refractivity contribution in [3.8, 4) is 0 Å². The van der Waals surface area contributed by atoms with E-state index in [1.807, 2.05) is 30.3 Å². The van der Waals surface area contributed by atoms with Crippen molar-refractivity contribution in [2.75, 3.05) is 6.61 Å². The molecule has 0 aromatic heterocycles. The second-order valence-electron chi connectivity index (χ2n) is 6.46. The normalized spacial score (nSPS) is 12.7. The highest BCUT2D eigenvalue weighted by Crippen LogP contribution is 2.16. The summed E-state index contributed by atoms with van der Waals surface area (Å²) in [6, 6.07) is 9.84. The maximum atomic E-state index is 11.9. The van der Waals surface area contributed by atoms with Gasteiger partial charge in [0.15, 0.2) is 5.92 Å². The summed E-state index contributed by atoms with van der Waals surface area (Å²) in [4.78, 5) is 23.1. The van der Waals surface area contributed by atoms with Crippen LogP contribution in [-0.4, -0.2) is 29.3 Å². The number of esters is 1. The van der Waals surface area contributed by atoms with Crippen molar-refractivity contribution in [3.63, 3.8) is 0 Å². The molecule has 1 rings (SSSR count). The summed E-state index contributed by atoms with van der Waals surface area (Å²) in [7, 11) is 0. The van der Waals surface area contributed by atoms with Crippen LogP contribution in [0.5, 0.6) is 0 Å². The fourth-order valence-corrected chi connectivity index (χ4v) is 2.03. The number of carbonyl (C=O) groups excluding carboxylic acids is 1. The number of aliphatic carboxylic acids is 1. The molecule has 0 spiro atoms. The van der Waals surface area contributed by atoms with E-state index in [1.54, 1.807) is 20.8 Å². The van der Waals surface area contributed by atoms with Crippen molar-refractivity contribution in [1.82, 2.24) is 0 Å². The van der Waals surface area contributed by atoms with Gasteiger partial charge in [-0.05, 0) is 45.6 Å². The van der Waals surface area contributed by atoms with Crippen LogP contribution in [0.25, 0.3) is 0 Å². The summed E-state index contributed by atoms with van der Waals surface area (Å²) in [5, 5.41) is 9.16. The summed E-state index contributed by atoms with van der Waals surface area (Å²) in [5.41, 5.74) is 0.425. The predicted molar refractivity (Wildman–Crippen MR) is 86.9 cm³/mol. The second-order valence-corrected chi connectivity index (χ2v) is 6.46. The Kier molecular flexibility index (Phi) is 7.75. The minimum Gasteiger partial charge on any atom is -0.481 e. The second kappa shape index (κ2) is 9.30. The molecule has 0 aliphatic carbocycles. The maximum absolute atomic E-state index is 11.9. The largest absolute Gasteiger partial charge is 0.481 e. The van der Waals surface area contributed by atoms with Crippen LogP contribution in [-0.2, 0) is 25.7 Å². The van der Waals surface area contributed by atoms with E-state index >= 15 is 0 Å². The van der Waals surface area contributed by atoms with E-state index in [-0.39, 0.29) is 6.42 Å². The van der Waals surface area contributed by atoms with Crippen molar-refractivity contribution < 1.29 is 24.2 Å². The molecule has 23 heavy (non-hydrogen) atoms. The number of ether oxygens (including phenoxy) is 2. The zero-order valence-corrected chi connectivity index (χ0v) is 14.1. The van der Waals surface area contributed by atoms with Crippen LogP contribution in [0.2, 0.25) is 0 Å². The van der Waals surface area contributed by atoms with Crippen LogP contribution < -0.4 is 0 Å². The molecule has 0 heterocycles. The van der Waals surface area contributed by atoms with Crippen LogP contribution >= 0.6 is 0 Å². The fraction of sp³-hybridized carbons (Fsp3) is 0.556. The highest BCUT2D eigenvalue weighted by Gasteiger charge is 2.30. The molecule has 1 aromatic rings. The van der Waals surface area contributed by atoms with E-state index in [2.05, 4.69) is 0 Å². The third-order valence-corrected chi connectivity index (χ3v) is 3.13. The number of hydrogen-bond donors (Lipinski definition) is 1. The Hall–Kier alpha value is -1.88. The van der Waals surface area contributed by atoms with Crippen molar-refractivity contribution in [3.05, 3.63) is 35.9 Å². The van der Waals surface area contributed by atoms with Gasteiger partial charge in [0.2, 0.25) is 0 Å². The third kappa shape index (κ3) is 8.35. The van der Waals surface area contributed by atoms with Gasteiger partial charge in [-0.3, -0.25) is 9.59 Å². The Balaban J connectivity index is 2.25. The summed E-state index contributed by atoms with van der Waals surface area (Å²) in [6.07, 6.45) is 1.57. The number of carboxylic acid groups (broad SMARTS) is 1. The van der Waals surface area contributed by atoms with Gasteiger partial charge >= 0.3 is 11.9 Å². The highest BCUT2D eigenvalue weighted by molar-refractivity contribution is 5.94. The van der Waals surface area contributed by atoms with Crippen molar-refractivity contribution in [2.24, 2.45) is 5.92 Å². The summed E-state index contributed by atoms with van der Waals surface area (Å²) in [5.74, 6) is -2.91. The molecule has 0 saturated carbocycles. The average molecular weight is 322 g/mol. The Labute approximate surface area is 137 Å². The Morgan fingerprint density at radius 3 is 2.35 bits per heavy atom. The van der Waals surface area contributed by atoms with Crippen molar-refractivity contribution in [1.29, 1.82) is 0 Å². The van der Waals surface area contributed by atoms with Gasteiger partial charge in [-0.25, -0.2) is 0 Å². The van der Waals surface area contributed by atoms with E-state index in [1.165, 1.54) is 0 Å². The van der Waals surface area contributed by atoms with Crippen LogP contribution in [0, 0.1) is 5.92 Å². The summed E-state index contributed by atoms with van der Waals surface area (Å²) >= 11 is 0. The lowest BCUT2D eigenvalue weighted by molar-refractivity contribution is -0.167. The number of unbranched alkanes of at least 4 members (excludes halogenated alkanes) is 1. The minimum absolute atomic E-state index is 0.263. The molecule has 0 bridgehead atoms. The molecule has 0 aliphatic heterocycles. The molecule has 5 nitrogen and oxygen atoms in total. The lowest BCUT2D eigenvalue weighted by Crippen LogP contribution is -2.32. The van der Waals surface area contributed by atoms with E-state index in [0.29, 0.717) is 26.1 Å². The number of carbonyl (C=O) groups is 2. The molecule has 1 N–H and O–H groups in total. The first kappa shape index (κ1) is 19.2. The Bertz CT molecular complexity index is 490. The zero-order chi connectivity index (χ0) is 17.3. The van der Waals surface area contributed by atoms with E-state index in [9.17, 15) is 9.59 Å². The maximum Gasteiger partial charge on any atom is 0.320 e. The van der Waals surface area contributed by atoms with Crippen LogP contribution in [0.4, 0.5) is 0 Å². The first-order valence-corrected chi connectivity index (χ1v) is 7.87. The number of hydrogen-bond acceptors (Lipinski definition) is 4. The molecule has 1 unspecified atom stereocenters.